The summed E-state index contributed by atoms with van der Waals surface area (Å²) in [6.45, 7) is 4.30. The maximum absolute atomic E-state index is 13.0. The Balaban J connectivity index is 1.99. The Morgan fingerprint density at radius 1 is 1.09 bits per heavy atom. The predicted octanol–water partition coefficient (Wildman–Crippen LogP) is 3.39. The summed E-state index contributed by atoms with van der Waals surface area (Å²) in [5, 5.41) is 3.10. The lowest BCUT2D eigenvalue weighted by Crippen LogP contribution is -2.20. The Morgan fingerprint density at radius 3 is 2.28 bits per heavy atom. The Hall–Kier alpha value is -3.53. The van der Waals surface area contributed by atoms with Gasteiger partial charge in [0.1, 0.15) is 4.83 Å². The normalized spacial score (nSPS) is 10.8. The summed E-state index contributed by atoms with van der Waals surface area (Å²) in [5.41, 5.74) is 0.724. The van der Waals surface area contributed by atoms with Crippen LogP contribution in [0.25, 0.3) is 10.2 Å². The standard InChI is InChI=1S/C22H23N3O6S/c1-5-6-7-25-11-23-19-16(20(25)27)12(2)17(32-19)18(26)24-15-9-13(21(28)30-3)8-14(10-15)22(29)31-4/h8-11H,5-7H2,1-4H3,(H,24,26). The first-order valence-corrected chi connectivity index (χ1v) is 10.7. The Kier molecular flexibility index (Phi) is 7.04. The summed E-state index contributed by atoms with van der Waals surface area (Å²) in [6.07, 6.45) is 3.29. The third-order valence-corrected chi connectivity index (χ3v) is 6.11. The number of hydrogen-bond donors (Lipinski definition) is 1. The van der Waals surface area contributed by atoms with Crippen LogP contribution in [0.1, 0.15) is 55.7 Å². The first-order valence-electron chi connectivity index (χ1n) is 9.92. The molecule has 10 heteroatoms. The third kappa shape index (κ3) is 4.54. The van der Waals surface area contributed by atoms with Crippen LogP contribution < -0.4 is 10.9 Å². The maximum Gasteiger partial charge on any atom is 0.337 e. The number of amides is 1. The van der Waals surface area contributed by atoms with E-state index in [0.29, 0.717) is 27.2 Å². The zero-order valence-corrected chi connectivity index (χ0v) is 19.0. The lowest BCUT2D eigenvalue weighted by Gasteiger charge is -2.09. The van der Waals surface area contributed by atoms with E-state index < -0.39 is 17.8 Å². The zero-order chi connectivity index (χ0) is 23.4. The van der Waals surface area contributed by atoms with E-state index >= 15 is 0 Å². The van der Waals surface area contributed by atoms with Crippen molar-refractivity contribution in [3.8, 4) is 0 Å². The number of unbranched alkanes of at least 4 members (excludes halogenated alkanes) is 1. The summed E-state index contributed by atoms with van der Waals surface area (Å²) in [4.78, 5) is 54.9. The molecule has 0 aliphatic heterocycles. The molecular weight excluding hydrogens is 434 g/mol. The van der Waals surface area contributed by atoms with Gasteiger partial charge in [0.25, 0.3) is 11.5 Å². The molecule has 3 aromatic rings. The first kappa shape index (κ1) is 23.1. The minimum Gasteiger partial charge on any atom is -0.465 e. The molecule has 0 radical (unpaired) electrons. The lowest BCUT2D eigenvalue weighted by molar-refractivity contribution is 0.0599. The fourth-order valence-electron chi connectivity index (χ4n) is 3.22. The van der Waals surface area contributed by atoms with Gasteiger partial charge in [-0.15, -0.1) is 11.3 Å². The minimum atomic E-state index is -0.666. The number of aryl methyl sites for hydroxylation is 2. The van der Waals surface area contributed by atoms with E-state index in [2.05, 4.69) is 10.3 Å². The molecule has 0 saturated heterocycles. The highest BCUT2D eigenvalue weighted by molar-refractivity contribution is 7.20. The second kappa shape index (κ2) is 9.73. The molecule has 0 saturated carbocycles. The summed E-state index contributed by atoms with van der Waals surface area (Å²) < 4.78 is 11.0. The van der Waals surface area contributed by atoms with Crippen LogP contribution in [-0.2, 0) is 16.0 Å². The molecule has 32 heavy (non-hydrogen) atoms. The fourth-order valence-corrected chi connectivity index (χ4v) is 4.26. The Morgan fingerprint density at radius 2 is 1.72 bits per heavy atom. The van der Waals surface area contributed by atoms with Crippen LogP contribution in [-0.4, -0.2) is 41.6 Å². The molecule has 0 fully saturated rings. The summed E-state index contributed by atoms with van der Waals surface area (Å²) in [5.74, 6) is -1.81. The first-order chi connectivity index (χ1) is 15.3. The second-order valence-corrected chi connectivity index (χ2v) is 8.07. The number of carbonyl (C=O) groups is 3. The second-order valence-electron chi connectivity index (χ2n) is 7.07. The number of methoxy groups -OCH3 is 2. The van der Waals surface area contributed by atoms with E-state index in [-0.39, 0.29) is 22.4 Å². The monoisotopic (exact) mass is 457 g/mol. The SMILES string of the molecule is CCCCn1cnc2sc(C(=O)Nc3cc(C(=O)OC)cc(C(=O)OC)c3)c(C)c2c1=O. The van der Waals surface area contributed by atoms with Crippen LogP contribution in [0.2, 0.25) is 0 Å². The van der Waals surface area contributed by atoms with Crippen molar-refractivity contribution in [2.24, 2.45) is 0 Å². The quantitative estimate of drug-likeness (QED) is 0.541. The van der Waals surface area contributed by atoms with E-state index in [4.69, 9.17) is 9.47 Å². The van der Waals surface area contributed by atoms with Crippen LogP contribution >= 0.6 is 11.3 Å². The number of carbonyl (C=O) groups excluding carboxylic acids is 3. The molecule has 168 valence electrons. The number of esters is 2. The molecule has 1 amide bonds. The Labute approximate surface area is 188 Å². The predicted molar refractivity (Wildman–Crippen MR) is 121 cm³/mol. The maximum atomic E-state index is 13.0. The van der Waals surface area contributed by atoms with Gasteiger partial charge in [-0.05, 0) is 37.1 Å². The van der Waals surface area contributed by atoms with Gasteiger partial charge >= 0.3 is 11.9 Å². The summed E-state index contributed by atoms with van der Waals surface area (Å²) >= 11 is 1.11. The molecule has 0 spiro atoms. The van der Waals surface area contributed by atoms with Crippen LogP contribution in [0.5, 0.6) is 0 Å². The smallest absolute Gasteiger partial charge is 0.337 e. The largest absolute Gasteiger partial charge is 0.465 e. The molecule has 1 aromatic carbocycles. The summed E-state index contributed by atoms with van der Waals surface area (Å²) in [7, 11) is 2.43. The van der Waals surface area contributed by atoms with Crippen molar-refractivity contribution in [3.05, 3.63) is 56.4 Å². The van der Waals surface area contributed by atoms with E-state index in [1.165, 1.54) is 38.7 Å². The van der Waals surface area contributed by atoms with Gasteiger partial charge < -0.3 is 14.8 Å². The Bertz CT molecular complexity index is 1230. The number of thiophene rings is 1. The number of ether oxygens (including phenoxy) is 2. The lowest BCUT2D eigenvalue weighted by atomic mass is 10.1. The number of nitrogens with zero attached hydrogens (tertiary/aromatic N) is 2. The molecule has 2 heterocycles. The van der Waals surface area contributed by atoms with Gasteiger partial charge in [0.15, 0.2) is 0 Å². The molecule has 0 aliphatic rings. The summed E-state index contributed by atoms with van der Waals surface area (Å²) in [6, 6.07) is 4.12. The van der Waals surface area contributed by atoms with Gasteiger partial charge in [0.05, 0.1) is 41.9 Å². The minimum absolute atomic E-state index is 0.0826. The van der Waals surface area contributed by atoms with Crippen molar-refractivity contribution in [1.29, 1.82) is 0 Å². The van der Waals surface area contributed by atoms with Gasteiger partial charge in [-0.1, -0.05) is 13.3 Å². The number of fused-ring (bicyclic) bond motifs is 1. The average molecular weight is 458 g/mol. The topological polar surface area (TPSA) is 117 Å². The molecule has 0 aliphatic carbocycles. The van der Waals surface area contributed by atoms with E-state index in [0.717, 1.165) is 24.2 Å². The van der Waals surface area contributed by atoms with Gasteiger partial charge in [0, 0.05) is 12.2 Å². The highest BCUT2D eigenvalue weighted by Crippen LogP contribution is 2.28. The van der Waals surface area contributed by atoms with E-state index in [1.54, 1.807) is 11.5 Å². The van der Waals surface area contributed by atoms with Crippen molar-refractivity contribution in [3.63, 3.8) is 0 Å². The van der Waals surface area contributed by atoms with Crippen molar-refractivity contribution in [2.75, 3.05) is 19.5 Å². The zero-order valence-electron chi connectivity index (χ0n) is 18.2. The van der Waals surface area contributed by atoms with Gasteiger partial charge in [-0.2, -0.15) is 0 Å². The van der Waals surface area contributed by atoms with Crippen molar-refractivity contribution in [2.45, 2.75) is 33.2 Å². The number of rotatable bonds is 7. The van der Waals surface area contributed by atoms with Gasteiger partial charge in [-0.25, -0.2) is 14.6 Å². The molecule has 1 N–H and O–H groups in total. The van der Waals surface area contributed by atoms with Crippen LogP contribution in [0.4, 0.5) is 5.69 Å². The van der Waals surface area contributed by atoms with Crippen LogP contribution in [0.3, 0.4) is 0 Å². The molecule has 3 rings (SSSR count). The molecule has 0 atom stereocenters. The van der Waals surface area contributed by atoms with E-state index in [1.807, 2.05) is 6.92 Å². The van der Waals surface area contributed by atoms with Crippen molar-refractivity contribution >= 4 is 45.1 Å². The molecule has 2 aromatic heterocycles. The van der Waals surface area contributed by atoms with Crippen LogP contribution in [0.15, 0.2) is 29.3 Å². The molecule has 0 unspecified atom stereocenters. The van der Waals surface area contributed by atoms with Crippen molar-refractivity contribution < 1.29 is 23.9 Å². The average Bonchev–Trinajstić information content (AvgIpc) is 3.14. The number of anilines is 1. The molecular formula is C22H23N3O6S. The fraction of sp³-hybridized carbons (Fsp3) is 0.318. The van der Waals surface area contributed by atoms with Crippen LogP contribution in [0, 0.1) is 6.92 Å². The number of nitrogens with one attached hydrogen (secondary N) is 1. The van der Waals surface area contributed by atoms with Gasteiger partial charge in [0.2, 0.25) is 0 Å². The van der Waals surface area contributed by atoms with Gasteiger partial charge in [-0.3, -0.25) is 14.2 Å². The highest BCUT2D eigenvalue weighted by atomic mass is 32.1. The number of benzene rings is 1. The molecule has 9 nitrogen and oxygen atoms in total. The van der Waals surface area contributed by atoms with E-state index in [9.17, 15) is 19.2 Å². The third-order valence-electron chi connectivity index (χ3n) is 4.91. The number of aromatic nitrogens is 2. The number of hydrogen-bond acceptors (Lipinski definition) is 8. The van der Waals surface area contributed by atoms with Crippen molar-refractivity contribution in [1.82, 2.24) is 9.55 Å². The highest BCUT2D eigenvalue weighted by Gasteiger charge is 2.21. The molecule has 0 bridgehead atoms.